The van der Waals surface area contributed by atoms with Crippen molar-refractivity contribution < 1.29 is 31.9 Å². The fraction of sp³-hybridized carbons (Fsp3) is 0.440. The number of anilines is 1. The maximum atomic E-state index is 14.9. The van der Waals surface area contributed by atoms with Gasteiger partial charge in [0.1, 0.15) is 17.7 Å². The number of urea groups is 1. The van der Waals surface area contributed by atoms with E-state index in [1.54, 1.807) is 24.3 Å². The highest BCUT2D eigenvalue weighted by Crippen LogP contribution is 2.26. The Labute approximate surface area is 210 Å². The van der Waals surface area contributed by atoms with Crippen LogP contribution >= 0.6 is 0 Å². The Morgan fingerprint density at radius 2 is 1.75 bits per heavy atom. The third-order valence-electron chi connectivity index (χ3n) is 6.39. The van der Waals surface area contributed by atoms with Gasteiger partial charge in [0.15, 0.2) is 9.84 Å². The smallest absolute Gasteiger partial charge is 0.337 e. The number of methoxy groups -OCH3 is 1. The first-order valence-corrected chi connectivity index (χ1v) is 13.7. The van der Waals surface area contributed by atoms with Gasteiger partial charge in [-0.05, 0) is 62.3 Å². The molecule has 4 rings (SSSR count). The van der Waals surface area contributed by atoms with Gasteiger partial charge in [0.05, 0.1) is 30.7 Å². The number of amides is 2. The summed E-state index contributed by atoms with van der Waals surface area (Å²) in [5.74, 6) is -0.860. The summed E-state index contributed by atoms with van der Waals surface area (Å²) in [5.41, 5.74) is 0.787. The summed E-state index contributed by atoms with van der Waals surface area (Å²) in [6.07, 6.45) is 1.93. The summed E-state index contributed by atoms with van der Waals surface area (Å²) in [4.78, 5) is 28.1. The summed E-state index contributed by atoms with van der Waals surface area (Å²) in [5, 5.41) is 3.29. The zero-order chi connectivity index (χ0) is 25.7. The molecule has 36 heavy (non-hydrogen) atoms. The third-order valence-corrected chi connectivity index (χ3v) is 7.99. The predicted molar refractivity (Wildman–Crippen MR) is 133 cm³/mol. The molecule has 0 aromatic heterocycles. The lowest BCUT2D eigenvalue weighted by atomic mass is 10.1. The average Bonchev–Trinajstić information content (AvgIpc) is 2.88. The number of hydrogen-bond donors (Lipinski definition) is 1. The van der Waals surface area contributed by atoms with Gasteiger partial charge in [0, 0.05) is 24.3 Å². The van der Waals surface area contributed by atoms with E-state index in [4.69, 9.17) is 4.74 Å². The zero-order valence-electron chi connectivity index (χ0n) is 20.1. The lowest BCUT2D eigenvalue weighted by Crippen LogP contribution is -2.49. The highest BCUT2D eigenvalue weighted by Gasteiger charge is 2.29. The Morgan fingerprint density at radius 1 is 1.08 bits per heavy atom. The number of hydrogen-bond acceptors (Lipinski definition) is 7. The molecule has 0 unspecified atom stereocenters. The fourth-order valence-electron chi connectivity index (χ4n) is 4.24. The molecule has 2 aromatic rings. The Balaban J connectivity index is 1.57. The SMILES string of the molecule is COC(=O)c1ccc(CN(C(=O)N2CCS(=O)(=O)CC2)c2ccc(OC3CCNCC3)cc2)c(F)c1. The zero-order valence-corrected chi connectivity index (χ0v) is 20.9. The largest absolute Gasteiger partial charge is 0.490 e. The van der Waals surface area contributed by atoms with Crippen LogP contribution in [0.4, 0.5) is 14.9 Å². The number of esters is 1. The second-order valence-electron chi connectivity index (χ2n) is 8.87. The minimum atomic E-state index is -3.18. The highest BCUT2D eigenvalue weighted by molar-refractivity contribution is 7.91. The lowest BCUT2D eigenvalue weighted by Gasteiger charge is -2.33. The molecule has 2 fully saturated rings. The first kappa shape index (κ1) is 25.9. The molecule has 2 aliphatic rings. The Kier molecular flexibility index (Phi) is 8.10. The molecule has 2 heterocycles. The molecule has 1 N–H and O–H groups in total. The highest BCUT2D eigenvalue weighted by atomic mass is 32.2. The van der Waals surface area contributed by atoms with Crippen molar-refractivity contribution in [2.45, 2.75) is 25.5 Å². The van der Waals surface area contributed by atoms with Gasteiger partial charge in [0.25, 0.3) is 0 Å². The van der Waals surface area contributed by atoms with Gasteiger partial charge in [0.2, 0.25) is 0 Å². The lowest BCUT2D eigenvalue weighted by molar-refractivity contribution is 0.0600. The third kappa shape index (κ3) is 6.33. The molecule has 9 nitrogen and oxygen atoms in total. The van der Waals surface area contributed by atoms with E-state index >= 15 is 0 Å². The van der Waals surface area contributed by atoms with E-state index in [1.807, 2.05) is 0 Å². The standard InChI is InChI=1S/C25H30FN3O6S/c1-34-24(30)18-2-3-19(23(26)16-18)17-29(25(31)28-12-14-36(32,33)15-13-28)20-4-6-21(7-5-20)35-22-8-10-27-11-9-22/h2-7,16,22,27H,8-15,17H2,1H3. The van der Waals surface area contributed by atoms with Gasteiger partial charge in [-0.15, -0.1) is 0 Å². The second-order valence-corrected chi connectivity index (χ2v) is 11.2. The normalized spacial score (nSPS) is 17.9. The number of carbonyl (C=O) groups excluding carboxylic acids is 2. The number of halogens is 1. The molecule has 0 atom stereocenters. The molecule has 194 valence electrons. The van der Waals surface area contributed by atoms with Crippen molar-refractivity contribution in [2.75, 3.05) is 49.7 Å². The molecule has 2 saturated heterocycles. The van der Waals surface area contributed by atoms with Crippen LogP contribution in [0.2, 0.25) is 0 Å². The van der Waals surface area contributed by atoms with Crippen LogP contribution in [0.25, 0.3) is 0 Å². The summed E-state index contributed by atoms with van der Waals surface area (Å²) in [6, 6.07) is 10.5. The van der Waals surface area contributed by atoms with Gasteiger partial charge < -0.3 is 19.7 Å². The Hall–Kier alpha value is -3.18. The number of ether oxygens (including phenoxy) is 2. The van der Waals surface area contributed by atoms with Crippen LogP contribution in [0.1, 0.15) is 28.8 Å². The van der Waals surface area contributed by atoms with Crippen molar-refractivity contribution in [3.05, 3.63) is 59.4 Å². The van der Waals surface area contributed by atoms with Crippen LogP contribution in [0.5, 0.6) is 5.75 Å². The predicted octanol–water partition coefficient (Wildman–Crippen LogP) is 2.60. The van der Waals surface area contributed by atoms with E-state index in [0.29, 0.717) is 11.4 Å². The number of piperidine rings is 1. The topological polar surface area (TPSA) is 105 Å². The number of nitrogens with one attached hydrogen (secondary N) is 1. The first-order valence-electron chi connectivity index (χ1n) is 11.9. The van der Waals surface area contributed by atoms with Crippen LogP contribution in [-0.4, -0.2) is 76.2 Å². The van der Waals surface area contributed by atoms with E-state index in [-0.39, 0.29) is 48.4 Å². The number of benzene rings is 2. The van der Waals surface area contributed by atoms with E-state index in [2.05, 4.69) is 10.1 Å². The maximum absolute atomic E-state index is 14.9. The molecule has 0 spiro atoms. The maximum Gasteiger partial charge on any atom is 0.337 e. The van der Waals surface area contributed by atoms with Crippen molar-refractivity contribution in [3.63, 3.8) is 0 Å². The van der Waals surface area contributed by atoms with Crippen LogP contribution < -0.4 is 15.0 Å². The summed E-state index contributed by atoms with van der Waals surface area (Å²) in [7, 11) is -1.96. The van der Waals surface area contributed by atoms with Crippen molar-refractivity contribution >= 4 is 27.5 Å². The van der Waals surface area contributed by atoms with Crippen LogP contribution in [0.15, 0.2) is 42.5 Å². The van der Waals surface area contributed by atoms with Crippen molar-refractivity contribution in [2.24, 2.45) is 0 Å². The molecule has 2 aromatic carbocycles. The summed E-state index contributed by atoms with van der Waals surface area (Å²) in [6.45, 7) is 1.83. The van der Waals surface area contributed by atoms with Crippen molar-refractivity contribution in [1.82, 2.24) is 10.2 Å². The molecule has 0 aliphatic carbocycles. The molecule has 2 aliphatic heterocycles. The minimum Gasteiger partial charge on any atom is -0.490 e. The molecular formula is C25H30FN3O6S. The molecule has 0 bridgehead atoms. The molecule has 2 amide bonds. The molecule has 0 saturated carbocycles. The molecule has 11 heteroatoms. The van der Waals surface area contributed by atoms with E-state index in [1.165, 1.54) is 29.0 Å². The van der Waals surface area contributed by atoms with Gasteiger partial charge in [-0.1, -0.05) is 6.07 Å². The van der Waals surface area contributed by atoms with E-state index in [0.717, 1.165) is 32.0 Å². The monoisotopic (exact) mass is 519 g/mol. The van der Waals surface area contributed by atoms with Crippen LogP contribution in [-0.2, 0) is 21.1 Å². The van der Waals surface area contributed by atoms with Crippen molar-refractivity contribution in [3.8, 4) is 5.75 Å². The second kappa shape index (κ2) is 11.3. The summed E-state index contributed by atoms with van der Waals surface area (Å²) < 4.78 is 49.3. The molecule has 0 radical (unpaired) electrons. The van der Waals surface area contributed by atoms with E-state index in [9.17, 15) is 22.4 Å². The number of nitrogens with zero attached hydrogens (tertiary/aromatic N) is 2. The van der Waals surface area contributed by atoms with Crippen molar-refractivity contribution in [1.29, 1.82) is 0 Å². The van der Waals surface area contributed by atoms with E-state index < -0.39 is 27.7 Å². The number of rotatable bonds is 6. The average molecular weight is 520 g/mol. The fourth-order valence-corrected chi connectivity index (χ4v) is 5.45. The van der Waals surface area contributed by atoms with Crippen LogP contribution in [0, 0.1) is 5.82 Å². The summed E-state index contributed by atoms with van der Waals surface area (Å²) >= 11 is 0. The van der Waals surface area contributed by atoms with Gasteiger partial charge >= 0.3 is 12.0 Å². The minimum absolute atomic E-state index is 0.0669. The number of carbonyl (C=O) groups is 2. The molecular weight excluding hydrogens is 489 g/mol. The van der Waals surface area contributed by atoms with Crippen LogP contribution in [0.3, 0.4) is 0 Å². The Morgan fingerprint density at radius 3 is 2.36 bits per heavy atom. The van der Waals surface area contributed by atoms with Gasteiger partial charge in [-0.25, -0.2) is 22.4 Å². The first-order chi connectivity index (χ1) is 17.3. The number of sulfone groups is 1. The van der Waals surface area contributed by atoms with Gasteiger partial charge in [-0.3, -0.25) is 4.90 Å². The quantitative estimate of drug-likeness (QED) is 0.585. The Bertz CT molecular complexity index is 1180. The van der Waals surface area contributed by atoms with Gasteiger partial charge in [-0.2, -0.15) is 0 Å².